The monoisotopic (exact) mass is 456 g/mol. The van der Waals surface area contributed by atoms with Gasteiger partial charge in [0, 0.05) is 13.0 Å². The highest BCUT2D eigenvalue weighted by Crippen LogP contribution is 2.11. The van der Waals surface area contributed by atoms with E-state index in [4.69, 9.17) is 9.15 Å². The van der Waals surface area contributed by atoms with E-state index in [2.05, 4.69) is 20.9 Å². The molecule has 0 spiro atoms. The molecular formula is C23H28N4O6. The van der Waals surface area contributed by atoms with E-state index in [9.17, 15) is 19.2 Å². The first-order valence-electron chi connectivity index (χ1n) is 10.9. The zero-order valence-electron chi connectivity index (χ0n) is 18.6. The minimum absolute atomic E-state index is 0.0485. The number of alkyl carbamates (subject to hydrolysis) is 1. The topological polar surface area (TPSA) is 140 Å². The summed E-state index contributed by atoms with van der Waals surface area (Å²) in [6.07, 6.45) is 1.89. The Hall–Kier alpha value is -3.69. The van der Waals surface area contributed by atoms with Crippen LogP contribution in [0.5, 0.6) is 0 Å². The quantitative estimate of drug-likeness (QED) is 0.557. The second-order valence-electron chi connectivity index (χ2n) is 8.14. The fraction of sp³-hybridized carbons (Fsp3) is 0.435. The van der Waals surface area contributed by atoms with Gasteiger partial charge in [-0.15, -0.1) is 0 Å². The Bertz CT molecular complexity index is 988. The van der Waals surface area contributed by atoms with Gasteiger partial charge in [0.15, 0.2) is 5.89 Å². The lowest BCUT2D eigenvalue weighted by Crippen LogP contribution is -2.56. The number of aromatic nitrogens is 1. The summed E-state index contributed by atoms with van der Waals surface area (Å²) >= 11 is 0. The fourth-order valence-electron chi connectivity index (χ4n) is 3.34. The van der Waals surface area contributed by atoms with Crippen LogP contribution in [0.1, 0.15) is 37.5 Å². The molecule has 1 aromatic carbocycles. The molecule has 0 saturated heterocycles. The summed E-state index contributed by atoms with van der Waals surface area (Å²) in [6, 6.07) is 6.95. The van der Waals surface area contributed by atoms with Crippen LogP contribution in [0.3, 0.4) is 0 Å². The van der Waals surface area contributed by atoms with E-state index in [1.54, 1.807) is 20.0 Å². The van der Waals surface area contributed by atoms with E-state index in [1.807, 2.05) is 30.3 Å². The number of ketones is 1. The van der Waals surface area contributed by atoms with Crippen molar-refractivity contribution in [3.8, 4) is 0 Å². The average molecular weight is 456 g/mol. The van der Waals surface area contributed by atoms with E-state index in [1.165, 1.54) is 0 Å². The summed E-state index contributed by atoms with van der Waals surface area (Å²) in [5.74, 6) is -1.64. The molecule has 1 aliphatic heterocycles. The van der Waals surface area contributed by atoms with Crippen molar-refractivity contribution in [1.29, 1.82) is 0 Å². The number of nitrogens with one attached hydrogen (secondary N) is 3. The van der Waals surface area contributed by atoms with E-state index in [0.29, 0.717) is 25.1 Å². The van der Waals surface area contributed by atoms with E-state index >= 15 is 0 Å². The first-order chi connectivity index (χ1) is 15.8. The molecule has 2 unspecified atom stereocenters. The van der Waals surface area contributed by atoms with Crippen LogP contribution in [0.25, 0.3) is 0 Å². The highest BCUT2D eigenvalue weighted by atomic mass is 16.5. The second kappa shape index (κ2) is 11.3. The number of carbonyl (C=O) groups is 4. The maximum Gasteiger partial charge on any atom is 0.408 e. The number of amides is 3. The molecule has 0 aliphatic carbocycles. The lowest BCUT2D eigenvalue weighted by Gasteiger charge is -2.24. The van der Waals surface area contributed by atoms with Gasteiger partial charge in [0.25, 0.3) is 5.91 Å². The lowest BCUT2D eigenvalue weighted by molar-refractivity contribution is -0.140. The molecule has 176 valence electrons. The molecule has 33 heavy (non-hydrogen) atoms. The Balaban J connectivity index is 1.66. The summed E-state index contributed by atoms with van der Waals surface area (Å²) in [6.45, 7) is 3.83. The number of fused-ring (bicyclic) bond motifs is 2. The minimum atomic E-state index is -1.19. The van der Waals surface area contributed by atoms with Gasteiger partial charge in [-0.2, -0.15) is 0 Å². The SMILES string of the molecule is CC(C)C(NC(=O)OCc1ccccc1)C(=O)NC1Cc2ncc(o2)CCCNC(=O)C1=O. The highest BCUT2D eigenvalue weighted by Gasteiger charge is 2.33. The molecule has 2 atom stereocenters. The second-order valence-corrected chi connectivity index (χ2v) is 8.14. The summed E-state index contributed by atoms with van der Waals surface area (Å²) < 4.78 is 10.8. The zero-order chi connectivity index (χ0) is 23.8. The molecule has 3 rings (SSSR count). The predicted octanol–water partition coefficient (Wildman–Crippen LogP) is 1.28. The third-order valence-electron chi connectivity index (χ3n) is 5.16. The van der Waals surface area contributed by atoms with Gasteiger partial charge in [-0.05, 0) is 17.9 Å². The molecule has 0 radical (unpaired) electrons. The maximum absolute atomic E-state index is 13.0. The average Bonchev–Trinajstić information content (AvgIpc) is 3.24. The first kappa shape index (κ1) is 24.0. The van der Waals surface area contributed by atoms with Gasteiger partial charge in [-0.25, -0.2) is 9.78 Å². The Kier molecular flexibility index (Phi) is 8.17. The number of oxazole rings is 1. The Morgan fingerprint density at radius 2 is 2.00 bits per heavy atom. The molecular weight excluding hydrogens is 428 g/mol. The van der Waals surface area contributed by atoms with Crippen LogP contribution in [0.4, 0.5) is 4.79 Å². The molecule has 2 aromatic rings. The van der Waals surface area contributed by atoms with Crippen LogP contribution in [0.2, 0.25) is 0 Å². The number of hydrogen-bond donors (Lipinski definition) is 3. The van der Waals surface area contributed by atoms with Crippen LogP contribution < -0.4 is 16.0 Å². The van der Waals surface area contributed by atoms with Crippen LogP contribution in [0.15, 0.2) is 40.9 Å². The summed E-state index contributed by atoms with van der Waals surface area (Å²) in [5, 5.41) is 7.67. The Morgan fingerprint density at radius 1 is 1.24 bits per heavy atom. The van der Waals surface area contributed by atoms with Crippen molar-refractivity contribution in [2.24, 2.45) is 5.92 Å². The number of Topliss-reactive ketones (excluding diaryl/α,β-unsaturated/α-hetero) is 1. The van der Waals surface area contributed by atoms with Gasteiger partial charge in [0.05, 0.1) is 12.6 Å². The Morgan fingerprint density at radius 3 is 2.73 bits per heavy atom. The maximum atomic E-state index is 13.0. The van der Waals surface area contributed by atoms with Crippen molar-refractivity contribution in [2.75, 3.05) is 6.54 Å². The first-order valence-corrected chi connectivity index (χ1v) is 10.9. The summed E-state index contributed by atoms with van der Waals surface area (Å²) in [7, 11) is 0. The van der Waals surface area contributed by atoms with Gasteiger partial charge in [-0.1, -0.05) is 44.2 Å². The number of benzene rings is 1. The van der Waals surface area contributed by atoms with E-state index < -0.39 is 35.8 Å². The molecule has 10 heteroatoms. The number of hydrogen-bond acceptors (Lipinski definition) is 7. The van der Waals surface area contributed by atoms with Crippen molar-refractivity contribution in [1.82, 2.24) is 20.9 Å². The van der Waals surface area contributed by atoms with Gasteiger partial charge < -0.3 is 25.1 Å². The molecule has 2 bridgehead atoms. The number of carbonyl (C=O) groups excluding carboxylic acids is 4. The van der Waals surface area contributed by atoms with Crippen LogP contribution in [-0.4, -0.2) is 47.3 Å². The molecule has 10 nitrogen and oxygen atoms in total. The molecule has 1 aliphatic rings. The molecule has 0 fully saturated rings. The van der Waals surface area contributed by atoms with Gasteiger partial charge in [0.2, 0.25) is 11.7 Å². The van der Waals surface area contributed by atoms with Gasteiger partial charge >= 0.3 is 6.09 Å². The molecule has 3 N–H and O–H groups in total. The molecule has 1 aromatic heterocycles. The normalized spacial score (nSPS) is 17.5. The third-order valence-corrected chi connectivity index (χ3v) is 5.16. The zero-order valence-corrected chi connectivity index (χ0v) is 18.6. The largest absolute Gasteiger partial charge is 0.446 e. The van der Waals surface area contributed by atoms with Crippen molar-refractivity contribution >= 4 is 23.7 Å². The molecule has 0 saturated carbocycles. The van der Waals surface area contributed by atoms with Crippen LogP contribution in [-0.2, 0) is 38.6 Å². The van der Waals surface area contributed by atoms with E-state index in [0.717, 1.165) is 5.56 Å². The third kappa shape index (κ3) is 6.90. The number of aryl methyl sites for hydroxylation is 1. The number of ether oxygens (including phenoxy) is 1. The van der Waals surface area contributed by atoms with Crippen molar-refractivity contribution in [3.63, 3.8) is 0 Å². The van der Waals surface area contributed by atoms with Gasteiger partial charge in [0.1, 0.15) is 24.5 Å². The molecule has 3 amide bonds. The number of rotatable bonds is 6. The van der Waals surface area contributed by atoms with Gasteiger partial charge in [-0.3, -0.25) is 14.4 Å². The highest BCUT2D eigenvalue weighted by molar-refractivity contribution is 6.38. The minimum Gasteiger partial charge on any atom is -0.446 e. The number of nitrogens with zero attached hydrogens (tertiary/aromatic N) is 1. The van der Waals surface area contributed by atoms with Crippen molar-refractivity contribution in [3.05, 3.63) is 53.7 Å². The van der Waals surface area contributed by atoms with Crippen molar-refractivity contribution < 1.29 is 28.3 Å². The van der Waals surface area contributed by atoms with Crippen LogP contribution in [0, 0.1) is 5.92 Å². The lowest BCUT2D eigenvalue weighted by atomic mass is 10.0. The van der Waals surface area contributed by atoms with Crippen molar-refractivity contribution in [2.45, 2.75) is 51.8 Å². The van der Waals surface area contributed by atoms with Crippen LogP contribution >= 0.6 is 0 Å². The molecule has 2 heterocycles. The van der Waals surface area contributed by atoms with E-state index in [-0.39, 0.29) is 24.8 Å². The summed E-state index contributed by atoms with van der Waals surface area (Å²) in [4.78, 5) is 54.3. The predicted molar refractivity (Wildman–Crippen MR) is 117 cm³/mol. The smallest absolute Gasteiger partial charge is 0.408 e. The standard InChI is InChI=1S/C23H28N4O6/c1-14(2)19(27-23(31)32-13-15-7-4-3-5-8-15)21(29)26-17-11-18-25-12-16(33-18)9-6-10-24-22(30)20(17)28/h3-5,7-8,12,14,17,19H,6,9-11,13H2,1-2H3,(H,24,30)(H,26,29)(H,27,31). The Labute approximate surface area is 191 Å². The summed E-state index contributed by atoms with van der Waals surface area (Å²) in [5.41, 5.74) is 0.803. The fourth-order valence-corrected chi connectivity index (χ4v) is 3.34.